The fourth-order valence-corrected chi connectivity index (χ4v) is 1.84. The summed E-state index contributed by atoms with van der Waals surface area (Å²) in [5.41, 5.74) is 5.78. The molecule has 0 saturated heterocycles. The standard InChI is InChI=1S/C17H18N2O/c1-2-14-8-10-16(11-9-14)13-18-19-17(20)12-15-6-4-3-5-7-15/h3-11,13H,2,12H2,1H3,(H,19,20)/b18-13+. The highest BCUT2D eigenvalue weighted by atomic mass is 16.2. The van der Waals surface area contributed by atoms with Gasteiger partial charge in [-0.1, -0.05) is 61.5 Å². The first-order chi connectivity index (χ1) is 9.78. The molecule has 3 heteroatoms. The average molecular weight is 266 g/mol. The van der Waals surface area contributed by atoms with E-state index in [-0.39, 0.29) is 5.91 Å². The van der Waals surface area contributed by atoms with E-state index in [1.165, 1.54) is 5.56 Å². The predicted octanol–water partition coefficient (Wildman–Crippen LogP) is 2.94. The van der Waals surface area contributed by atoms with Gasteiger partial charge >= 0.3 is 0 Å². The Morgan fingerprint density at radius 2 is 1.75 bits per heavy atom. The first kappa shape index (κ1) is 14.0. The Kier molecular flexibility index (Phi) is 5.07. The van der Waals surface area contributed by atoms with Crippen LogP contribution in [0.15, 0.2) is 59.7 Å². The molecule has 0 aliphatic rings. The minimum Gasteiger partial charge on any atom is -0.273 e. The molecule has 3 nitrogen and oxygen atoms in total. The molecule has 0 bridgehead atoms. The molecule has 20 heavy (non-hydrogen) atoms. The van der Waals surface area contributed by atoms with E-state index in [1.807, 2.05) is 42.5 Å². The van der Waals surface area contributed by atoms with Gasteiger partial charge < -0.3 is 0 Å². The van der Waals surface area contributed by atoms with E-state index < -0.39 is 0 Å². The molecule has 0 radical (unpaired) electrons. The van der Waals surface area contributed by atoms with Crippen molar-refractivity contribution in [2.45, 2.75) is 19.8 Å². The highest BCUT2D eigenvalue weighted by molar-refractivity contribution is 5.83. The zero-order chi connectivity index (χ0) is 14.2. The normalized spacial score (nSPS) is 10.7. The molecule has 0 spiro atoms. The van der Waals surface area contributed by atoms with Crippen LogP contribution in [0.1, 0.15) is 23.6 Å². The van der Waals surface area contributed by atoms with Crippen molar-refractivity contribution >= 4 is 12.1 Å². The summed E-state index contributed by atoms with van der Waals surface area (Å²) in [6, 6.07) is 17.7. The van der Waals surface area contributed by atoms with Crippen LogP contribution in [0.2, 0.25) is 0 Å². The highest BCUT2D eigenvalue weighted by Gasteiger charge is 2.00. The Balaban J connectivity index is 1.84. The zero-order valence-electron chi connectivity index (χ0n) is 11.5. The summed E-state index contributed by atoms with van der Waals surface area (Å²) >= 11 is 0. The van der Waals surface area contributed by atoms with Crippen molar-refractivity contribution in [3.8, 4) is 0 Å². The highest BCUT2D eigenvalue weighted by Crippen LogP contribution is 2.03. The van der Waals surface area contributed by atoms with E-state index in [1.54, 1.807) is 6.21 Å². The molecular formula is C17H18N2O. The van der Waals surface area contributed by atoms with Crippen LogP contribution < -0.4 is 5.43 Å². The quantitative estimate of drug-likeness (QED) is 0.656. The summed E-state index contributed by atoms with van der Waals surface area (Å²) in [7, 11) is 0. The van der Waals surface area contributed by atoms with Crippen LogP contribution in [-0.4, -0.2) is 12.1 Å². The van der Waals surface area contributed by atoms with Gasteiger partial charge in [0.25, 0.3) is 0 Å². The lowest BCUT2D eigenvalue weighted by molar-refractivity contribution is -0.120. The molecule has 2 aromatic rings. The average Bonchev–Trinajstić information content (AvgIpc) is 2.49. The maximum atomic E-state index is 11.7. The molecular weight excluding hydrogens is 248 g/mol. The topological polar surface area (TPSA) is 41.5 Å². The minimum atomic E-state index is -0.113. The van der Waals surface area contributed by atoms with Crippen molar-refractivity contribution in [2.24, 2.45) is 5.10 Å². The number of hydrogen-bond donors (Lipinski definition) is 1. The predicted molar refractivity (Wildman–Crippen MR) is 81.7 cm³/mol. The van der Waals surface area contributed by atoms with Crippen molar-refractivity contribution in [2.75, 3.05) is 0 Å². The van der Waals surface area contributed by atoms with E-state index >= 15 is 0 Å². The van der Waals surface area contributed by atoms with Gasteiger partial charge in [0.05, 0.1) is 12.6 Å². The summed E-state index contributed by atoms with van der Waals surface area (Å²) in [6.07, 6.45) is 3.01. The van der Waals surface area contributed by atoms with Crippen molar-refractivity contribution < 1.29 is 4.79 Å². The molecule has 102 valence electrons. The fraction of sp³-hybridized carbons (Fsp3) is 0.176. The molecule has 0 unspecified atom stereocenters. The summed E-state index contributed by atoms with van der Waals surface area (Å²) in [5.74, 6) is -0.113. The van der Waals surface area contributed by atoms with Crippen LogP contribution in [0.4, 0.5) is 0 Å². The van der Waals surface area contributed by atoms with Gasteiger partial charge in [-0.05, 0) is 23.1 Å². The molecule has 0 heterocycles. The van der Waals surface area contributed by atoms with Gasteiger partial charge in [0.1, 0.15) is 0 Å². The Hall–Kier alpha value is -2.42. The third-order valence-electron chi connectivity index (χ3n) is 3.00. The zero-order valence-corrected chi connectivity index (χ0v) is 11.5. The van der Waals surface area contributed by atoms with Crippen molar-refractivity contribution in [3.63, 3.8) is 0 Å². The first-order valence-corrected chi connectivity index (χ1v) is 6.72. The molecule has 0 saturated carbocycles. The Bertz CT molecular complexity index is 574. The number of carbonyl (C=O) groups excluding carboxylic acids is 1. The van der Waals surface area contributed by atoms with Crippen LogP contribution in [-0.2, 0) is 17.6 Å². The molecule has 2 aromatic carbocycles. The second-order valence-electron chi connectivity index (χ2n) is 4.55. The lowest BCUT2D eigenvalue weighted by Gasteiger charge is -2.00. The fourth-order valence-electron chi connectivity index (χ4n) is 1.84. The number of nitrogens with zero attached hydrogens (tertiary/aromatic N) is 1. The van der Waals surface area contributed by atoms with E-state index in [9.17, 15) is 4.79 Å². The largest absolute Gasteiger partial charge is 0.273 e. The molecule has 2 rings (SSSR count). The second-order valence-corrected chi connectivity index (χ2v) is 4.55. The Morgan fingerprint density at radius 1 is 1.05 bits per heavy atom. The van der Waals surface area contributed by atoms with Gasteiger partial charge in [0.2, 0.25) is 5.91 Å². The third kappa shape index (κ3) is 4.35. The third-order valence-corrected chi connectivity index (χ3v) is 3.00. The molecule has 1 N–H and O–H groups in total. The van der Waals surface area contributed by atoms with E-state index in [0.29, 0.717) is 6.42 Å². The first-order valence-electron chi connectivity index (χ1n) is 6.72. The number of hydrogen-bond acceptors (Lipinski definition) is 2. The number of rotatable bonds is 5. The maximum absolute atomic E-state index is 11.7. The van der Waals surface area contributed by atoms with Gasteiger partial charge in [-0.15, -0.1) is 0 Å². The van der Waals surface area contributed by atoms with Gasteiger partial charge in [-0.3, -0.25) is 4.79 Å². The molecule has 0 aliphatic heterocycles. The maximum Gasteiger partial charge on any atom is 0.244 e. The summed E-state index contributed by atoms with van der Waals surface area (Å²) in [5, 5.41) is 3.97. The van der Waals surface area contributed by atoms with Gasteiger partial charge in [0, 0.05) is 0 Å². The van der Waals surface area contributed by atoms with E-state index in [0.717, 1.165) is 17.5 Å². The van der Waals surface area contributed by atoms with E-state index in [2.05, 4.69) is 29.6 Å². The molecule has 0 atom stereocenters. The summed E-state index contributed by atoms with van der Waals surface area (Å²) in [6.45, 7) is 2.12. The molecule has 0 aliphatic carbocycles. The van der Waals surface area contributed by atoms with E-state index in [4.69, 9.17) is 0 Å². The van der Waals surface area contributed by atoms with Crippen molar-refractivity contribution in [1.29, 1.82) is 0 Å². The number of hydrazone groups is 1. The number of amides is 1. The number of nitrogens with one attached hydrogen (secondary N) is 1. The monoisotopic (exact) mass is 266 g/mol. The molecule has 0 fully saturated rings. The SMILES string of the molecule is CCc1ccc(/C=N/NC(=O)Cc2ccccc2)cc1. The minimum absolute atomic E-state index is 0.113. The van der Waals surface area contributed by atoms with Gasteiger partial charge in [-0.2, -0.15) is 5.10 Å². The van der Waals surface area contributed by atoms with Gasteiger partial charge in [-0.25, -0.2) is 5.43 Å². The van der Waals surface area contributed by atoms with Gasteiger partial charge in [0.15, 0.2) is 0 Å². The lowest BCUT2D eigenvalue weighted by Crippen LogP contribution is -2.19. The van der Waals surface area contributed by atoms with Crippen LogP contribution >= 0.6 is 0 Å². The molecule has 1 amide bonds. The van der Waals surface area contributed by atoms with Crippen LogP contribution in [0.5, 0.6) is 0 Å². The van der Waals surface area contributed by atoms with Crippen LogP contribution in [0, 0.1) is 0 Å². The number of benzene rings is 2. The van der Waals surface area contributed by atoms with Crippen LogP contribution in [0.3, 0.4) is 0 Å². The van der Waals surface area contributed by atoms with Crippen molar-refractivity contribution in [3.05, 3.63) is 71.3 Å². The number of aryl methyl sites for hydroxylation is 1. The molecule has 0 aromatic heterocycles. The van der Waals surface area contributed by atoms with Crippen molar-refractivity contribution in [1.82, 2.24) is 5.43 Å². The summed E-state index contributed by atoms with van der Waals surface area (Å²) < 4.78 is 0. The lowest BCUT2D eigenvalue weighted by atomic mass is 10.1. The smallest absolute Gasteiger partial charge is 0.244 e. The number of carbonyl (C=O) groups is 1. The Morgan fingerprint density at radius 3 is 2.40 bits per heavy atom. The summed E-state index contributed by atoms with van der Waals surface area (Å²) in [4.78, 5) is 11.7. The Labute approximate surface area is 119 Å². The van der Waals surface area contributed by atoms with Crippen LogP contribution in [0.25, 0.3) is 0 Å². The second kappa shape index (κ2) is 7.24.